The van der Waals surface area contributed by atoms with Gasteiger partial charge in [-0.25, -0.2) is 4.98 Å². The summed E-state index contributed by atoms with van der Waals surface area (Å²) in [5.41, 5.74) is 6.74. The zero-order valence-electron chi connectivity index (χ0n) is 10.8. The van der Waals surface area contributed by atoms with Crippen LogP contribution >= 0.6 is 15.9 Å². The van der Waals surface area contributed by atoms with Gasteiger partial charge in [-0.3, -0.25) is 0 Å². The quantitative estimate of drug-likeness (QED) is 0.933. The molecule has 1 aromatic heterocycles. The average Bonchev–Trinajstić information content (AvgIpc) is 2.41. The lowest BCUT2D eigenvalue weighted by Crippen LogP contribution is -2.05. The molecule has 0 radical (unpaired) electrons. The maximum absolute atomic E-state index is 5.77. The van der Waals surface area contributed by atoms with E-state index in [-0.39, 0.29) is 6.04 Å². The molecule has 0 spiro atoms. The SMILES string of the molecule is COc1ccc(Oc2ccc(C(C)N)cn2)c(Br)c1. The largest absolute Gasteiger partial charge is 0.497 e. The lowest BCUT2D eigenvalue weighted by molar-refractivity contribution is 0.411. The minimum Gasteiger partial charge on any atom is -0.497 e. The van der Waals surface area contributed by atoms with Gasteiger partial charge in [0.25, 0.3) is 0 Å². The lowest BCUT2D eigenvalue weighted by atomic mass is 10.2. The van der Waals surface area contributed by atoms with Crippen molar-refractivity contribution in [3.05, 3.63) is 46.6 Å². The van der Waals surface area contributed by atoms with Crippen LogP contribution in [0.5, 0.6) is 17.4 Å². The summed E-state index contributed by atoms with van der Waals surface area (Å²) in [5, 5.41) is 0. The fourth-order valence-corrected chi connectivity index (χ4v) is 1.96. The second kappa shape index (κ2) is 6.04. The minimum atomic E-state index is -0.0331. The monoisotopic (exact) mass is 322 g/mol. The van der Waals surface area contributed by atoms with Gasteiger partial charge < -0.3 is 15.2 Å². The fraction of sp³-hybridized carbons (Fsp3) is 0.214. The van der Waals surface area contributed by atoms with Crippen molar-refractivity contribution >= 4 is 15.9 Å². The highest BCUT2D eigenvalue weighted by atomic mass is 79.9. The van der Waals surface area contributed by atoms with Crippen molar-refractivity contribution in [3.8, 4) is 17.4 Å². The molecule has 1 aromatic carbocycles. The molecular weight excluding hydrogens is 308 g/mol. The molecular formula is C14H15BrN2O2. The molecule has 0 aliphatic heterocycles. The molecule has 0 saturated heterocycles. The van der Waals surface area contributed by atoms with Gasteiger partial charge in [0.05, 0.1) is 11.6 Å². The van der Waals surface area contributed by atoms with Crippen LogP contribution in [0.3, 0.4) is 0 Å². The van der Waals surface area contributed by atoms with E-state index in [4.69, 9.17) is 15.2 Å². The van der Waals surface area contributed by atoms with Crippen molar-refractivity contribution in [2.45, 2.75) is 13.0 Å². The van der Waals surface area contributed by atoms with Gasteiger partial charge in [-0.1, -0.05) is 6.07 Å². The molecule has 0 fully saturated rings. The van der Waals surface area contributed by atoms with E-state index in [0.29, 0.717) is 11.6 Å². The van der Waals surface area contributed by atoms with Gasteiger partial charge in [-0.2, -0.15) is 0 Å². The minimum absolute atomic E-state index is 0.0331. The van der Waals surface area contributed by atoms with Gasteiger partial charge in [-0.05, 0) is 46.6 Å². The van der Waals surface area contributed by atoms with Gasteiger partial charge in [0, 0.05) is 18.3 Å². The van der Waals surface area contributed by atoms with Crippen molar-refractivity contribution in [2.24, 2.45) is 5.73 Å². The van der Waals surface area contributed by atoms with Crippen LogP contribution < -0.4 is 15.2 Å². The van der Waals surface area contributed by atoms with Gasteiger partial charge in [0.15, 0.2) is 0 Å². The number of methoxy groups -OCH3 is 1. The summed E-state index contributed by atoms with van der Waals surface area (Å²) in [6.45, 7) is 1.91. The van der Waals surface area contributed by atoms with Crippen LogP contribution in [0.25, 0.3) is 0 Å². The molecule has 0 bridgehead atoms. The molecule has 2 rings (SSSR count). The highest BCUT2D eigenvalue weighted by Gasteiger charge is 2.06. The van der Waals surface area contributed by atoms with Gasteiger partial charge in [-0.15, -0.1) is 0 Å². The van der Waals surface area contributed by atoms with E-state index in [0.717, 1.165) is 15.8 Å². The summed E-state index contributed by atoms with van der Waals surface area (Å²) in [7, 11) is 1.62. The Balaban J connectivity index is 2.16. The summed E-state index contributed by atoms with van der Waals surface area (Å²) < 4.78 is 11.6. The van der Waals surface area contributed by atoms with E-state index in [1.807, 2.05) is 31.2 Å². The van der Waals surface area contributed by atoms with E-state index < -0.39 is 0 Å². The number of nitrogens with zero attached hydrogens (tertiary/aromatic N) is 1. The summed E-state index contributed by atoms with van der Waals surface area (Å²) in [6.07, 6.45) is 1.72. The smallest absolute Gasteiger partial charge is 0.219 e. The van der Waals surface area contributed by atoms with Crippen molar-refractivity contribution < 1.29 is 9.47 Å². The molecule has 1 atom stereocenters. The normalized spacial score (nSPS) is 12.0. The number of hydrogen-bond donors (Lipinski definition) is 1. The number of pyridine rings is 1. The van der Waals surface area contributed by atoms with E-state index in [2.05, 4.69) is 20.9 Å². The molecule has 0 aliphatic rings. The average molecular weight is 323 g/mol. The topological polar surface area (TPSA) is 57.4 Å². The van der Waals surface area contributed by atoms with Crippen LogP contribution in [0.4, 0.5) is 0 Å². The molecule has 1 heterocycles. The van der Waals surface area contributed by atoms with Crippen LogP contribution in [0, 0.1) is 0 Å². The first-order chi connectivity index (χ1) is 9.10. The third-order valence-electron chi connectivity index (χ3n) is 2.64. The first kappa shape index (κ1) is 13.8. The van der Waals surface area contributed by atoms with E-state index in [1.165, 1.54) is 0 Å². The zero-order chi connectivity index (χ0) is 13.8. The van der Waals surface area contributed by atoms with Crippen LogP contribution in [0.15, 0.2) is 41.0 Å². The first-order valence-corrected chi connectivity index (χ1v) is 6.62. The van der Waals surface area contributed by atoms with Gasteiger partial charge in [0.1, 0.15) is 11.5 Å². The molecule has 0 saturated carbocycles. The van der Waals surface area contributed by atoms with Crippen molar-refractivity contribution in [3.63, 3.8) is 0 Å². The third kappa shape index (κ3) is 3.45. The van der Waals surface area contributed by atoms with Crippen LogP contribution in [-0.4, -0.2) is 12.1 Å². The molecule has 2 N–H and O–H groups in total. The predicted molar refractivity (Wildman–Crippen MR) is 77.6 cm³/mol. The number of nitrogens with two attached hydrogens (primary N) is 1. The second-order valence-corrected chi connectivity index (χ2v) is 4.97. The van der Waals surface area contributed by atoms with Crippen molar-refractivity contribution in [2.75, 3.05) is 7.11 Å². The highest BCUT2D eigenvalue weighted by Crippen LogP contribution is 2.32. The maximum atomic E-state index is 5.77. The van der Waals surface area contributed by atoms with E-state index in [9.17, 15) is 0 Å². The Morgan fingerprint density at radius 2 is 2.05 bits per heavy atom. The summed E-state index contributed by atoms with van der Waals surface area (Å²) in [5.74, 6) is 1.97. The Morgan fingerprint density at radius 3 is 2.58 bits per heavy atom. The van der Waals surface area contributed by atoms with Gasteiger partial charge in [0.2, 0.25) is 5.88 Å². The molecule has 1 unspecified atom stereocenters. The number of rotatable bonds is 4. The number of hydrogen-bond acceptors (Lipinski definition) is 4. The number of halogens is 1. The summed E-state index contributed by atoms with van der Waals surface area (Å²) in [6, 6.07) is 9.17. The van der Waals surface area contributed by atoms with E-state index in [1.54, 1.807) is 19.4 Å². The van der Waals surface area contributed by atoms with Gasteiger partial charge >= 0.3 is 0 Å². The highest BCUT2D eigenvalue weighted by molar-refractivity contribution is 9.10. The van der Waals surface area contributed by atoms with Crippen molar-refractivity contribution in [1.82, 2.24) is 4.98 Å². The first-order valence-electron chi connectivity index (χ1n) is 5.83. The van der Waals surface area contributed by atoms with E-state index >= 15 is 0 Å². The Morgan fingerprint density at radius 1 is 1.26 bits per heavy atom. The molecule has 2 aromatic rings. The zero-order valence-corrected chi connectivity index (χ0v) is 12.3. The lowest BCUT2D eigenvalue weighted by Gasteiger charge is -2.09. The third-order valence-corrected chi connectivity index (χ3v) is 3.26. The Kier molecular flexibility index (Phi) is 4.39. The molecule has 0 amide bonds. The van der Waals surface area contributed by atoms with Crippen LogP contribution in [0.1, 0.15) is 18.5 Å². The molecule has 5 heteroatoms. The van der Waals surface area contributed by atoms with Crippen molar-refractivity contribution in [1.29, 1.82) is 0 Å². The standard InChI is InChI=1S/C14H15BrN2O2/c1-9(16)10-3-6-14(17-8-10)19-13-5-4-11(18-2)7-12(13)15/h3-9H,16H2,1-2H3. The second-order valence-electron chi connectivity index (χ2n) is 4.12. The number of benzene rings is 1. The molecule has 100 valence electrons. The Bertz CT molecular complexity index is 556. The summed E-state index contributed by atoms with van der Waals surface area (Å²) >= 11 is 3.43. The Hall–Kier alpha value is -1.59. The number of ether oxygens (including phenoxy) is 2. The predicted octanol–water partition coefficient (Wildman–Crippen LogP) is 3.66. The fourth-order valence-electron chi connectivity index (χ4n) is 1.53. The molecule has 19 heavy (non-hydrogen) atoms. The Labute approximate surface area is 120 Å². The maximum Gasteiger partial charge on any atom is 0.219 e. The van der Waals surface area contributed by atoms with Crippen LogP contribution in [-0.2, 0) is 0 Å². The van der Waals surface area contributed by atoms with Crippen LogP contribution in [0.2, 0.25) is 0 Å². The molecule has 4 nitrogen and oxygen atoms in total. The number of aromatic nitrogens is 1. The molecule has 0 aliphatic carbocycles. The summed E-state index contributed by atoms with van der Waals surface area (Å²) in [4.78, 5) is 4.22.